The van der Waals surface area contributed by atoms with Crippen LogP contribution in [0.25, 0.3) is 0 Å². The molecule has 0 radical (unpaired) electrons. The maximum Gasteiger partial charge on any atom is 0.222 e. The van der Waals surface area contributed by atoms with Gasteiger partial charge in [0.1, 0.15) is 0 Å². The first-order chi connectivity index (χ1) is 11.1. The average Bonchev–Trinajstić information content (AvgIpc) is 2.54. The Balaban J connectivity index is 0.00000288. The molecule has 0 bridgehead atoms. The number of fused-ring (bicyclic) bond motifs is 1. The third-order valence-corrected chi connectivity index (χ3v) is 4.25. The van der Waals surface area contributed by atoms with Gasteiger partial charge in [0, 0.05) is 26.6 Å². The molecule has 1 atom stereocenters. The van der Waals surface area contributed by atoms with Crippen molar-refractivity contribution in [2.24, 2.45) is 0 Å². The molecule has 0 saturated heterocycles. The molecule has 5 nitrogen and oxygen atoms in total. The maximum absolute atomic E-state index is 12.2. The van der Waals surface area contributed by atoms with Crippen LogP contribution in [0.1, 0.15) is 43.9 Å². The molecule has 1 unspecified atom stereocenters. The zero-order chi connectivity index (χ0) is 16.7. The van der Waals surface area contributed by atoms with Gasteiger partial charge in [-0.25, -0.2) is 0 Å². The molecule has 2 amide bonds. The lowest BCUT2D eigenvalue weighted by Crippen LogP contribution is -2.41. The number of carbonyl (C=O) groups excluding carboxylic acids is 2. The van der Waals surface area contributed by atoms with E-state index in [1.165, 1.54) is 5.56 Å². The molecule has 1 aliphatic heterocycles. The highest BCUT2D eigenvalue weighted by Crippen LogP contribution is 2.32. The highest BCUT2D eigenvalue weighted by Gasteiger charge is 2.30. The Morgan fingerprint density at radius 1 is 1.21 bits per heavy atom. The van der Waals surface area contributed by atoms with Crippen LogP contribution >= 0.6 is 12.4 Å². The summed E-state index contributed by atoms with van der Waals surface area (Å²) in [6, 6.07) is 7.96. The van der Waals surface area contributed by atoms with E-state index in [9.17, 15) is 9.59 Å². The normalized spacial score (nSPS) is 16.1. The molecule has 0 aromatic heterocycles. The minimum absolute atomic E-state index is 0. The summed E-state index contributed by atoms with van der Waals surface area (Å²) in [5.74, 6) is 0.0261. The van der Waals surface area contributed by atoms with Gasteiger partial charge in [0.2, 0.25) is 11.8 Å². The average molecular weight is 354 g/mol. The lowest BCUT2D eigenvalue weighted by Gasteiger charge is -2.36. The third kappa shape index (κ3) is 5.49. The first kappa shape index (κ1) is 20.5. The smallest absolute Gasteiger partial charge is 0.222 e. The van der Waals surface area contributed by atoms with E-state index in [4.69, 9.17) is 0 Å². The van der Waals surface area contributed by atoms with Crippen LogP contribution in [0.2, 0.25) is 0 Å². The minimum atomic E-state index is -0.152. The molecule has 1 aromatic carbocycles. The standard InChI is InChI=1S/C18H27N3O2.ClH/c1-3-9-19-10-11-20-18(23)13-17-16-7-5-4-6-15(16)8-12-21(17)14(2)22;/h4-7,17,19H,3,8-13H2,1-2H3,(H,20,23);1H. The highest BCUT2D eigenvalue weighted by molar-refractivity contribution is 5.85. The van der Waals surface area contributed by atoms with Crippen molar-refractivity contribution in [3.63, 3.8) is 0 Å². The van der Waals surface area contributed by atoms with Crippen molar-refractivity contribution in [1.82, 2.24) is 15.5 Å². The van der Waals surface area contributed by atoms with Crippen LogP contribution in [-0.4, -0.2) is 42.9 Å². The number of rotatable bonds is 7. The minimum Gasteiger partial charge on any atom is -0.355 e. The van der Waals surface area contributed by atoms with E-state index in [1.807, 2.05) is 23.1 Å². The lowest BCUT2D eigenvalue weighted by molar-refractivity contribution is -0.133. The lowest BCUT2D eigenvalue weighted by atomic mass is 9.90. The van der Waals surface area contributed by atoms with E-state index in [1.54, 1.807) is 6.92 Å². The summed E-state index contributed by atoms with van der Waals surface area (Å²) >= 11 is 0. The van der Waals surface area contributed by atoms with Gasteiger partial charge in [-0.15, -0.1) is 12.4 Å². The van der Waals surface area contributed by atoms with Crippen molar-refractivity contribution >= 4 is 24.2 Å². The zero-order valence-electron chi connectivity index (χ0n) is 14.5. The van der Waals surface area contributed by atoms with Gasteiger partial charge in [-0.2, -0.15) is 0 Å². The predicted octanol–water partition coefficient (Wildman–Crippen LogP) is 2.06. The van der Waals surface area contributed by atoms with Crippen LogP contribution in [-0.2, 0) is 16.0 Å². The largest absolute Gasteiger partial charge is 0.355 e. The van der Waals surface area contributed by atoms with E-state index in [0.717, 1.165) is 31.5 Å². The number of hydrogen-bond donors (Lipinski definition) is 2. The second-order valence-electron chi connectivity index (χ2n) is 5.98. The molecule has 0 spiro atoms. The van der Waals surface area contributed by atoms with Gasteiger partial charge in [0.25, 0.3) is 0 Å². The van der Waals surface area contributed by atoms with Gasteiger partial charge in [-0.1, -0.05) is 31.2 Å². The number of amides is 2. The van der Waals surface area contributed by atoms with E-state index in [2.05, 4.69) is 23.6 Å². The highest BCUT2D eigenvalue weighted by atomic mass is 35.5. The Labute approximate surface area is 150 Å². The first-order valence-corrected chi connectivity index (χ1v) is 8.46. The van der Waals surface area contributed by atoms with Gasteiger partial charge in [0.05, 0.1) is 12.5 Å². The Kier molecular flexibility index (Phi) is 8.79. The molecular formula is C18H28ClN3O2. The first-order valence-electron chi connectivity index (χ1n) is 8.46. The summed E-state index contributed by atoms with van der Waals surface area (Å²) in [7, 11) is 0. The fourth-order valence-corrected chi connectivity index (χ4v) is 3.09. The van der Waals surface area contributed by atoms with Crippen LogP contribution in [0.4, 0.5) is 0 Å². The van der Waals surface area contributed by atoms with Crippen molar-refractivity contribution in [3.05, 3.63) is 35.4 Å². The van der Waals surface area contributed by atoms with Crippen molar-refractivity contribution in [3.8, 4) is 0 Å². The summed E-state index contributed by atoms with van der Waals surface area (Å²) in [6.07, 6.45) is 2.26. The number of nitrogens with one attached hydrogen (secondary N) is 2. The number of hydrogen-bond acceptors (Lipinski definition) is 3. The Hall–Kier alpha value is -1.59. The quantitative estimate of drug-likeness (QED) is 0.738. The molecule has 134 valence electrons. The number of benzene rings is 1. The molecule has 6 heteroatoms. The van der Waals surface area contributed by atoms with Gasteiger partial charge in [0.15, 0.2) is 0 Å². The van der Waals surface area contributed by atoms with Gasteiger partial charge < -0.3 is 15.5 Å². The molecular weight excluding hydrogens is 326 g/mol. The Morgan fingerprint density at radius 3 is 2.67 bits per heavy atom. The number of halogens is 1. The summed E-state index contributed by atoms with van der Waals surface area (Å²) in [4.78, 5) is 26.0. The van der Waals surface area contributed by atoms with Gasteiger partial charge >= 0.3 is 0 Å². The summed E-state index contributed by atoms with van der Waals surface area (Å²) in [5, 5.41) is 6.20. The second-order valence-corrected chi connectivity index (χ2v) is 5.98. The molecule has 0 fully saturated rings. The topological polar surface area (TPSA) is 61.4 Å². The third-order valence-electron chi connectivity index (χ3n) is 4.25. The van der Waals surface area contributed by atoms with Crippen LogP contribution in [0.5, 0.6) is 0 Å². The van der Waals surface area contributed by atoms with Gasteiger partial charge in [-0.3, -0.25) is 9.59 Å². The molecule has 2 N–H and O–H groups in total. The molecule has 1 aliphatic rings. The summed E-state index contributed by atoms with van der Waals surface area (Å²) in [6.45, 7) is 6.73. The second kappa shape index (κ2) is 10.3. The monoisotopic (exact) mass is 353 g/mol. The molecule has 0 aliphatic carbocycles. The Bertz CT molecular complexity index is 551. The van der Waals surface area contributed by atoms with E-state index in [-0.39, 0.29) is 30.3 Å². The summed E-state index contributed by atoms with van der Waals surface area (Å²) < 4.78 is 0. The van der Waals surface area contributed by atoms with Crippen molar-refractivity contribution in [2.75, 3.05) is 26.2 Å². The molecule has 0 saturated carbocycles. The van der Waals surface area contributed by atoms with Crippen molar-refractivity contribution in [2.45, 2.75) is 39.2 Å². The SMILES string of the molecule is CCCNCCNC(=O)CC1c2ccccc2CCN1C(C)=O.Cl. The summed E-state index contributed by atoms with van der Waals surface area (Å²) in [5.41, 5.74) is 2.35. The fourth-order valence-electron chi connectivity index (χ4n) is 3.09. The van der Waals surface area contributed by atoms with Crippen LogP contribution < -0.4 is 10.6 Å². The van der Waals surface area contributed by atoms with Crippen LogP contribution in [0.3, 0.4) is 0 Å². The van der Waals surface area contributed by atoms with E-state index in [0.29, 0.717) is 19.5 Å². The van der Waals surface area contributed by atoms with E-state index >= 15 is 0 Å². The molecule has 1 heterocycles. The van der Waals surface area contributed by atoms with E-state index < -0.39 is 0 Å². The number of carbonyl (C=O) groups is 2. The van der Waals surface area contributed by atoms with Crippen LogP contribution in [0.15, 0.2) is 24.3 Å². The predicted molar refractivity (Wildman–Crippen MR) is 98.3 cm³/mol. The van der Waals surface area contributed by atoms with Crippen LogP contribution in [0, 0.1) is 0 Å². The Morgan fingerprint density at radius 2 is 1.96 bits per heavy atom. The zero-order valence-corrected chi connectivity index (χ0v) is 15.3. The number of nitrogens with zero attached hydrogens (tertiary/aromatic N) is 1. The van der Waals surface area contributed by atoms with Crippen molar-refractivity contribution < 1.29 is 9.59 Å². The van der Waals surface area contributed by atoms with Crippen molar-refractivity contribution in [1.29, 1.82) is 0 Å². The molecule has 2 rings (SSSR count). The van der Waals surface area contributed by atoms with Gasteiger partial charge in [-0.05, 0) is 30.5 Å². The fraction of sp³-hybridized carbons (Fsp3) is 0.556. The molecule has 24 heavy (non-hydrogen) atoms. The molecule has 1 aromatic rings. The maximum atomic E-state index is 12.2.